The number of aliphatic carboxylic acids is 1. The van der Waals surface area contributed by atoms with Gasteiger partial charge in [0, 0.05) is 11.3 Å². The van der Waals surface area contributed by atoms with E-state index in [1.165, 1.54) is 4.88 Å². The van der Waals surface area contributed by atoms with E-state index >= 15 is 0 Å². The van der Waals surface area contributed by atoms with Crippen LogP contribution in [-0.4, -0.2) is 17.7 Å². The lowest BCUT2D eigenvalue weighted by atomic mass is 10.0. The van der Waals surface area contributed by atoms with Crippen LogP contribution in [0.1, 0.15) is 23.0 Å². The van der Waals surface area contributed by atoms with Gasteiger partial charge < -0.3 is 9.84 Å². The molecule has 0 saturated carbocycles. The number of fused-ring (bicyclic) bond motifs is 1. The zero-order valence-electron chi connectivity index (χ0n) is 7.03. The van der Waals surface area contributed by atoms with Gasteiger partial charge in [-0.2, -0.15) is 0 Å². The molecule has 1 aliphatic heterocycles. The summed E-state index contributed by atoms with van der Waals surface area (Å²) in [5, 5.41) is 10.6. The molecule has 4 heteroatoms. The molecule has 2 rings (SSSR count). The molecule has 0 aromatic carbocycles. The van der Waals surface area contributed by atoms with Gasteiger partial charge in [0.1, 0.15) is 0 Å². The highest BCUT2D eigenvalue weighted by atomic mass is 32.1. The Labute approximate surface area is 80.0 Å². The Balaban J connectivity index is 2.20. The zero-order chi connectivity index (χ0) is 9.26. The van der Waals surface area contributed by atoms with Crippen LogP contribution in [0, 0.1) is 0 Å². The van der Waals surface area contributed by atoms with Crippen LogP contribution in [0.3, 0.4) is 0 Å². The maximum absolute atomic E-state index is 10.5. The average Bonchev–Trinajstić information content (AvgIpc) is 2.51. The minimum absolute atomic E-state index is 0.0731. The summed E-state index contributed by atoms with van der Waals surface area (Å²) in [7, 11) is 0. The summed E-state index contributed by atoms with van der Waals surface area (Å²) in [5.41, 5.74) is 1.07. The van der Waals surface area contributed by atoms with E-state index in [0.29, 0.717) is 6.61 Å². The van der Waals surface area contributed by atoms with Crippen molar-refractivity contribution in [2.24, 2.45) is 0 Å². The first kappa shape index (κ1) is 8.72. The van der Waals surface area contributed by atoms with Gasteiger partial charge >= 0.3 is 5.97 Å². The number of rotatable bonds is 2. The smallest absolute Gasteiger partial charge is 0.306 e. The molecule has 1 N–H and O–H groups in total. The summed E-state index contributed by atoms with van der Waals surface area (Å²) in [6.45, 7) is 0.644. The Kier molecular flexibility index (Phi) is 2.33. The van der Waals surface area contributed by atoms with Gasteiger partial charge in [0.25, 0.3) is 0 Å². The van der Waals surface area contributed by atoms with Crippen LogP contribution in [0.25, 0.3) is 0 Å². The molecule has 1 atom stereocenters. The molecule has 0 spiro atoms. The number of carboxylic acids is 1. The fourth-order valence-electron chi connectivity index (χ4n) is 1.55. The first-order valence-corrected chi connectivity index (χ1v) is 5.05. The molecule has 1 aromatic heterocycles. The van der Waals surface area contributed by atoms with Gasteiger partial charge in [0.05, 0.1) is 19.1 Å². The third kappa shape index (κ3) is 1.73. The van der Waals surface area contributed by atoms with Crippen LogP contribution in [0.2, 0.25) is 0 Å². The molecule has 0 aliphatic carbocycles. The fraction of sp³-hybridized carbons (Fsp3) is 0.444. The van der Waals surface area contributed by atoms with E-state index < -0.39 is 5.97 Å². The van der Waals surface area contributed by atoms with Crippen molar-refractivity contribution in [3.8, 4) is 0 Å². The van der Waals surface area contributed by atoms with E-state index in [1.807, 2.05) is 11.4 Å². The van der Waals surface area contributed by atoms with Crippen molar-refractivity contribution in [1.29, 1.82) is 0 Å². The molecular weight excluding hydrogens is 188 g/mol. The van der Waals surface area contributed by atoms with Crippen molar-refractivity contribution in [3.05, 3.63) is 21.9 Å². The molecule has 0 bridgehead atoms. The standard InChI is InChI=1S/C9H10O3S/c10-9(11)5-7-6-2-4-13-8(6)1-3-12-7/h2,4,7H,1,3,5H2,(H,10,11)/t7-/m0/s1. The first-order valence-electron chi connectivity index (χ1n) is 4.17. The fourth-order valence-corrected chi connectivity index (χ4v) is 2.47. The largest absolute Gasteiger partial charge is 0.481 e. The lowest BCUT2D eigenvalue weighted by Crippen LogP contribution is -2.17. The first-order chi connectivity index (χ1) is 6.27. The van der Waals surface area contributed by atoms with E-state index in [1.54, 1.807) is 11.3 Å². The van der Waals surface area contributed by atoms with Crippen LogP contribution in [0.15, 0.2) is 11.4 Å². The summed E-state index contributed by atoms with van der Waals surface area (Å²) in [6, 6.07) is 1.97. The Hall–Kier alpha value is -0.870. The van der Waals surface area contributed by atoms with Crippen LogP contribution in [0.4, 0.5) is 0 Å². The van der Waals surface area contributed by atoms with Crippen molar-refractivity contribution in [1.82, 2.24) is 0 Å². The second kappa shape index (κ2) is 3.47. The van der Waals surface area contributed by atoms with Crippen molar-refractivity contribution >= 4 is 17.3 Å². The molecule has 0 saturated heterocycles. The van der Waals surface area contributed by atoms with Gasteiger partial charge in [-0.25, -0.2) is 0 Å². The lowest BCUT2D eigenvalue weighted by molar-refractivity contribution is -0.140. The Morgan fingerprint density at radius 2 is 2.62 bits per heavy atom. The Morgan fingerprint density at radius 1 is 1.77 bits per heavy atom. The number of hydrogen-bond donors (Lipinski definition) is 1. The molecule has 2 heterocycles. The lowest BCUT2D eigenvalue weighted by Gasteiger charge is -2.21. The van der Waals surface area contributed by atoms with Crippen LogP contribution >= 0.6 is 11.3 Å². The van der Waals surface area contributed by atoms with Crippen molar-refractivity contribution in [3.63, 3.8) is 0 Å². The quantitative estimate of drug-likeness (QED) is 0.788. The Bertz CT molecular complexity index is 318. The van der Waals surface area contributed by atoms with Crippen LogP contribution < -0.4 is 0 Å². The SMILES string of the molecule is O=C(O)C[C@@H]1OCCc2sccc21. The van der Waals surface area contributed by atoms with E-state index in [4.69, 9.17) is 9.84 Å². The normalized spacial score (nSPS) is 21.1. The summed E-state index contributed by atoms with van der Waals surface area (Å²) >= 11 is 1.68. The minimum atomic E-state index is -0.802. The maximum Gasteiger partial charge on any atom is 0.306 e. The number of thiophene rings is 1. The predicted octanol–water partition coefficient (Wildman–Crippen LogP) is 1.84. The van der Waals surface area contributed by atoms with Gasteiger partial charge in [-0.1, -0.05) is 0 Å². The van der Waals surface area contributed by atoms with Gasteiger partial charge in [0.2, 0.25) is 0 Å². The second-order valence-corrected chi connectivity index (χ2v) is 4.01. The molecule has 70 valence electrons. The topological polar surface area (TPSA) is 46.5 Å². The molecule has 1 aliphatic rings. The van der Waals surface area contributed by atoms with E-state index in [-0.39, 0.29) is 12.5 Å². The molecule has 0 unspecified atom stereocenters. The number of hydrogen-bond acceptors (Lipinski definition) is 3. The molecule has 13 heavy (non-hydrogen) atoms. The number of carbonyl (C=O) groups is 1. The van der Waals surface area contributed by atoms with Crippen molar-refractivity contribution in [2.75, 3.05) is 6.61 Å². The molecule has 0 amide bonds. The molecule has 1 aromatic rings. The molecule has 0 fully saturated rings. The molecule has 3 nitrogen and oxygen atoms in total. The van der Waals surface area contributed by atoms with E-state index in [2.05, 4.69) is 0 Å². The molecule has 0 radical (unpaired) electrons. The average molecular weight is 198 g/mol. The second-order valence-electron chi connectivity index (χ2n) is 3.01. The van der Waals surface area contributed by atoms with Crippen molar-refractivity contribution < 1.29 is 14.6 Å². The third-order valence-electron chi connectivity index (χ3n) is 2.13. The third-order valence-corrected chi connectivity index (χ3v) is 3.13. The predicted molar refractivity (Wildman–Crippen MR) is 49.0 cm³/mol. The summed E-state index contributed by atoms with van der Waals surface area (Å²) in [4.78, 5) is 11.8. The minimum Gasteiger partial charge on any atom is -0.481 e. The monoisotopic (exact) mass is 198 g/mol. The van der Waals surface area contributed by atoms with Crippen molar-refractivity contribution in [2.45, 2.75) is 18.9 Å². The van der Waals surface area contributed by atoms with Crippen LogP contribution in [0.5, 0.6) is 0 Å². The van der Waals surface area contributed by atoms with E-state index in [9.17, 15) is 4.79 Å². The summed E-state index contributed by atoms with van der Waals surface area (Å²) in [6.07, 6.45) is 0.764. The number of carboxylic acid groups (broad SMARTS) is 1. The van der Waals surface area contributed by atoms with Gasteiger partial charge in [-0.15, -0.1) is 11.3 Å². The molecular formula is C9H10O3S. The van der Waals surface area contributed by atoms with Gasteiger partial charge in [-0.3, -0.25) is 4.79 Å². The van der Waals surface area contributed by atoms with Crippen LogP contribution in [-0.2, 0) is 16.0 Å². The summed E-state index contributed by atoms with van der Waals surface area (Å²) in [5.74, 6) is -0.802. The van der Waals surface area contributed by atoms with Gasteiger partial charge in [0.15, 0.2) is 0 Å². The Morgan fingerprint density at radius 3 is 3.38 bits per heavy atom. The summed E-state index contributed by atoms with van der Waals surface area (Å²) < 4.78 is 5.40. The highest BCUT2D eigenvalue weighted by Crippen LogP contribution is 2.32. The zero-order valence-corrected chi connectivity index (χ0v) is 7.84. The number of ether oxygens (including phenoxy) is 1. The maximum atomic E-state index is 10.5. The highest BCUT2D eigenvalue weighted by molar-refractivity contribution is 7.10. The van der Waals surface area contributed by atoms with Gasteiger partial charge in [-0.05, 0) is 17.0 Å². The van der Waals surface area contributed by atoms with E-state index in [0.717, 1.165) is 12.0 Å². The highest BCUT2D eigenvalue weighted by Gasteiger charge is 2.23.